The van der Waals surface area contributed by atoms with Crippen LogP contribution in [-0.4, -0.2) is 16.3 Å². The first kappa shape index (κ1) is 16.4. The van der Waals surface area contributed by atoms with E-state index in [4.69, 9.17) is 11.5 Å². The van der Waals surface area contributed by atoms with Crippen molar-refractivity contribution in [1.82, 2.24) is 0 Å². The zero-order chi connectivity index (χ0) is 16.8. The molecular formula is C18H26N2O2. The van der Waals surface area contributed by atoms with Crippen molar-refractivity contribution in [3.8, 4) is 5.75 Å². The first-order chi connectivity index (χ1) is 10.2. The molecule has 4 nitrogen and oxygen atoms in total. The summed E-state index contributed by atoms with van der Waals surface area (Å²) in [5.41, 5.74) is 17.3. The van der Waals surface area contributed by atoms with E-state index in [9.17, 15) is 10.2 Å². The third kappa shape index (κ3) is 2.48. The van der Waals surface area contributed by atoms with Gasteiger partial charge in [-0.05, 0) is 43.0 Å². The lowest BCUT2D eigenvalue weighted by Crippen LogP contribution is -2.35. The average molecular weight is 302 g/mol. The first-order valence-electron chi connectivity index (χ1n) is 7.62. The van der Waals surface area contributed by atoms with Crippen molar-refractivity contribution in [3.05, 3.63) is 45.7 Å². The second-order valence-electron chi connectivity index (χ2n) is 6.42. The highest BCUT2D eigenvalue weighted by molar-refractivity contribution is 5.64. The van der Waals surface area contributed by atoms with Gasteiger partial charge in [0.25, 0.3) is 0 Å². The minimum Gasteiger partial charge on any atom is -0.510 e. The number of allylic oxidation sites excluding steroid dienone is 2. The molecule has 120 valence electrons. The Morgan fingerprint density at radius 1 is 1.18 bits per heavy atom. The fourth-order valence-electron chi connectivity index (χ4n) is 3.27. The van der Waals surface area contributed by atoms with E-state index in [1.807, 2.05) is 39.8 Å². The molecule has 1 aliphatic carbocycles. The number of hydrogen-bond donors (Lipinski definition) is 4. The molecule has 0 saturated carbocycles. The van der Waals surface area contributed by atoms with Gasteiger partial charge in [-0.3, -0.25) is 0 Å². The summed E-state index contributed by atoms with van der Waals surface area (Å²) >= 11 is 0. The standard InChI is InChI=1S/C18H26N2O2/c1-8-6-13(11(4)15(19)17(8)21)10(3)14-7-9(2)18(22)16(20)12(14)5/h6-7,10-11,15,21-22H,19-20H2,1-5H3. The number of aliphatic hydroxyl groups excluding tert-OH is 1. The Morgan fingerprint density at radius 2 is 1.77 bits per heavy atom. The van der Waals surface area contributed by atoms with Crippen molar-refractivity contribution in [3.63, 3.8) is 0 Å². The second-order valence-corrected chi connectivity index (χ2v) is 6.42. The average Bonchev–Trinajstić information content (AvgIpc) is 2.49. The Hall–Kier alpha value is -1.94. The molecule has 6 N–H and O–H groups in total. The van der Waals surface area contributed by atoms with Crippen molar-refractivity contribution >= 4 is 5.69 Å². The van der Waals surface area contributed by atoms with E-state index < -0.39 is 0 Å². The zero-order valence-corrected chi connectivity index (χ0v) is 13.9. The van der Waals surface area contributed by atoms with E-state index in [1.165, 1.54) is 5.57 Å². The van der Waals surface area contributed by atoms with Crippen molar-refractivity contribution < 1.29 is 10.2 Å². The smallest absolute Gasteiger partial charge is 0.141 e. The van der Waals surface area contributed by atoms with Crippen LogP contribution < -0.4 is 11.5 Å². The number of nitrogen functional groups attached to an aromatic ring is 1. The van der Waals surface area contributed by atoms with Crippen LogP contribution in [0.5, 0.6) is 5.75 Å². The maximum atomic E-state index is 10.0. The number of benzene rings is 1. The Bertz CT molecular complexity index is 674. The highest BCUT2D eigenvalue weighted by Gasteiger charge is 2.30. The van der Waals surface area contributed by atoms with Gasteiger partial charge in [0.15, 0.2) is 0 Å². The third-order valence-electron chi connectivity index (χ3n) is 4.97. The highest BCUT2D eigenvalue weighted by atomic mass is 16.3. The van der Waals surface area contributed by atoms with E-state index in [-0.39, 0.29) is 29.4 Å². The van der Waals surface area contributed by atoms with Crippen LogP contribution in [0.25, 0.3) is 0 Å². The Morgan fingerprint density at radius 3 is 2.36 bits per heavy atom. The predicted octanol–water partition coefficient (Wildman–Crippen LogP) is 3.43. The summed E-state index contributed by atoms with van der Waals surface area (Å²) in [6.07, 6.45) is 2.02. The summed E-state index contributed by atoms with van der Waals surface area (Å²) in [6.45, 7) is 9.79. The molecule has 3 unspecified atom stereocenters. The number of aromatic hydroxyl groups is 1. The van der Waals surface area contributed by atoms with Crippen molar-refractivity contribution in [2.24, 2.45) is 11.7 Å². The van der Waals surface area contributed by atoms with E-state index >= 15 is 0 Å². The van der Waals surface area contributed by atoms with Gasteiger partial charge in [0.05, 0.1) is 11.7 Å². The van der Waals surface area contributed by atoms with Crippen LogP contribution in [0, 0.1) is 19.8 Å². The Labute approximate surface area is 132 Å². The maximum Gasteiger partial charge on any atom is 0.141 e. The molecule has 0 bridgehead atoms. The minimum absolute atomic E-state index is 0.0495. The highest BCUT2D eigenvalue weighted by Crippen LogP contribution is 2.41. The number of nitrogens with two attached hydrogens (primary N) is 2. The lowest BCUT2D eigenvalue weighted by Gasteiger charge is -2.32. The summed E-state index contributed by atoms with van der Waals surface area (Å²) in [6, 6.07) is 1.61. The summed E-state index contributed by atoms with van der Waals surface area (Å²) in [5.74, 6) is 0.588. The number of hydrogen-bond acceptors (Lipinski definition) is 4. The summed E-state index contributed by atoms with van der Waals surface area (Å²) in [5, 5.41) is 20.0. The quantitative estimate of drug-likeness (QED) is 0.497. The van der Waals surface area contributed by atoms with Gasteiger partial charge in [0.2, 0.25) is 0 Å². The molecule has 1 aromatic carbocycles. The number of phenols is 1. The van der Waals surface area contributed by atoms with Crippen molar-refractivity contribution in [2.75, 3.05) is 5.73 Å². The van der Waals surface area contributed by atoms with Crippen LogP contribution in [0.15, 0.2) is 29.0 Å². The van der Waals surface area contributed by atoms with Gasteiger partial charge in [0.1, 0.15) is 11.5 Å². The second kappa shape index (κ2) is 5.69. The molecule has 3 atom stereocenters. The van der Waals surface area contributed by atoms with Gasteiger partial charge in [-0.1, -0.05) is 31.6 Å². The fourth-order valence-corrected chi connectivity index (χ4v) is 3.27. The maximum absolute atomic E-state index is 10.0. The van der Waals surface area contributed by atoms with Crippen molar-refractivity contribution in [2.45, 2.75) is 46.6 Å². The number of phenolic OH excluding ortho intramolecular Hbond substituents is 1. The largest absolute Gasteiger partial charge is 0.510 e. The molecule has 0 heterocycles. The third-order valence-corrected chi connectivity index (χ3v) is 4.97. The molecule has 0 fully saturated rings. The molecular weight excluding hydrogens is 276 g/mol. The molecule has 4 heteroatoms. The van der Waals surface area contributed by atoms with E-state index in [0.717, 1.165) is 22.3 Å². The van der Waals surface area contributed by atoms with E-state index in [1.54, 1.807) is 0 Å². The number of aliphatic hydroxyl groups is 1. The topological polar surface area (TPSA) is 92.5 Å². The van der Waals surface area contributed by atoms with Gasteiger partial charge in [0, 0.05) is 11.8 Å². The molecule has 0 aromatic heterocycles. The molecule has 1 aliphatic rings. The van der Waals surface area contributed by atoms with Crippen LogP contribution >= 0.6 is 0 Å². The number of anilines is 1. The monoisotopic (exact) mass is 302 g/mol. The minimum atomic E-state index is -0.377. The molecule has 0 aliphatic heterocycles. The van der Waals surface area contributed by atoms with Crippen LogP contribution in [-0.2, 0) is 0 Å². The first-order valence-corrected chi connectivity index (χ1v) is 7.62. The van der Waals surface area contributed by atoms with Crippen LogP contribution in [0.2, 0.25) is 0 Å². The van der Waals surface area contributed by atoms with Gasteiger partial charge >= 0.3 is 0 Å². The molecule has 0 spiro atoms. The van der Waals surface area contributed by atoms with Gasteiger partial charge in [-0.15, -0.1) is 0 Å². The molecule has 2 rings (SSSR count). The lowest BCUT2D eigenvalue weighted by molar-refractivity contribution is 0.325. The molecule has 0 saturated heterocycles. The van der Waals surface area contributed by atoms with Crippen molar-refractivity contribution in [1.29, 1.82) is 0 Å². The van der Waals surface area contributed by atoms with Crippen LogP contribution in [0.1, 0.15) is 43.4 Å². The number of rotatable bonds is 2. The summed E-state index contributed by atoms with van der Waals surface area (Å²) < 4.78 is 0. The van der Waals surface area contributed by atoms with Gasteiger partial charge in [-0.2, -0.15) is 0 Å². The molecule has 22 heavy (non-hydrogen) atoms. The number of aryl methyl sites for hydroxylation is 1. The lowest BCUT2D eigenvalue weighted by atomic mass is 9.76. The Balaban J connectivity index is 2.54. The van der Waals surface area contributed by atoms with E-state index in [2.05, 4.69) is 6.92 Å². The Kier molecular flexibility index (Phi) is 4.25. The summed E-state index contributed by atoms with van der Waals surface area (Å²) in [7, 11) is 0. The fraction of sp³-hybridized carbons (Fsp3) is 0.444. The molecule has 0 amide bonds. The zero-order valence-electron chi connectivity index (χ0n) is 13.9. The van der Waals surface area contributed by atoms with E-state index in [0.29, 0.717) is 5.69 Å². The SMILES string of the molecule is CC1=C(O)C(N)C(C)C(C(C)c2cc(C)c(O)c(N)c2C)=C1. The van der Waals surface area contributed by atoms with Crippen LogP contribution in [0.4, 0.5) is 5.69 Å². The normalized spacial score (nSPS) is 23.5. The van der Waals surface area contributed by atoms with Gasteiger partial charge < -0.3 is 21.7 Å². The predicted molar refractivity (Wildman–Crippen MR) is 91.0 cm³/mol. The summed E-state index contributed by atoms with van der Waals surface area (Å²) in [4.78, 5) is 0. The molecule has 0 radical (unpaired) electrons. The molecule has 1 aromatic rings. The van der Waals surface area contributed by atoms with Crippen LogP contribution in [0.3, 0.4) is 0 Å². The van der Waals surface area contributed by atoms with Gasteiger partial charge in [-0.25, -0.2) is 0 Å².